The van der Waals surface area contributed by atoms with E-state index in [9.17, 15) is 13.2 Å². The maximum absolute atomic E-state index is 12.5. The molecule has 21 heavy (non-hydrogen) atoms. The molecule has 1 rings (SSSR count). The van der Waals surface area contributed by atoms with Crippen molar-refractivity contribution in [1.29, 1.82) is 0 Å². The molecular weight excluding hydrogens is 310 g/mol. The van der Waals surface area contributed by atoms with Gasteiger partial charge in [-0.15, -0.1) is 0 Å². The van der Waals surface area contributed by atoms with E-state index in [-0.39, 0.29) is 16.5 Å². The molecule has 0 amide bonds. The average molecular weight is 331 g/mol. The quantitative estimate of drug-likeness (QED) is 0.831. The second kappa shape index (κ2) is 7.29. The lowest BCUT2D eigenvalue weighted by Gasteiger charge is -2.24. The van der Waals surface area contributed by atoms with Crippen molar-refractivity contribution in [2.75, 3.05) is 19.1 Å². The minimum atomic E-state index is -3.68. The highest BCUT2D eigenvalue weighted by molar-refractivity contribution is 7.98. The lowest BCUT2D eigenvalue weighted by molar-refractivity contribution is 0.0696. The first-order valence-electron chi connectivity index (χ1n) is 6.52. The first-order valence-corrected chi connectivity index (χ1v) is 9.36. The van der Waals surface area contributed by atoms with E-state index in [4.69, 9.17) is 5.11 Å². The minimum absolute atomic E-state index is 0.0150. The summed E-state index contributed by atoms with van der Waals surface area (Å²) in [5, 5.41) is 9.11. The van der Waals surface area contributed by atoms with Crippen LogP contribution in [-0.4, -0.2) is 48.9 Å². The topological polar surface area (TPSA) is 74.7 Å². The summed E-state index contributed by atoms with van der Waals surface area (Å²) in [5.74, 6) is -0.252. The molecule has 0 saturated heterocycles. The molecule has 0 saturated carbocycles. The van der Waals surface area contributed by atoms with E-state index in [1.54, 1.807) is 18.7 Å². The van der Waals surface area contributed by atoms with Gasteiger partial charge in [0, 0.05) is 13.1 Å². The molecule has 1 aromatic carbocycles. The minimum Gasteiger partial charge on any atom is -0.478 e. The summed E-state index contributed by atoms with van der Waals surface area (Å²) < 4.78 is 26.4. The van der Waals surface area contributed by atoms with Gasteiger partial charge in [-0.25, -0.2) is 13.2 Å². The van der Waals surface area contributed by atoms with Crippen molar-refractivity contribution in [2.24, 2.45) is 0 Å². The zero-order valence-corrected chi connectivity index (χ0v) is 14.3. The van der Waals surface area contributed by atoms with Crippen molar-refractivity contribution in [3.8, 4) is 0 Å². The lowest BCUT2D eigenvalue weighted by atomic mass is 10.1. The number of aromatic carboxylic acids is 1. The lowest BCUT2D eigenvalue weighted by Crippen LogP contribution is -2.35. The smallest absolute Gasteiger partial charge is 0.335 e. The Morgan fingerprint density at radius 3 is 2.57 bits per heavy atom. The predicted molar refractivity (Wildman–Crippen MR) is 85.5 cm³/mol. The van der Waals surface area contributed by atoms with Crippen LogP contribution in [0.25, 0.3) is 0 Å². The summed E-state index contributed by atoms with van der Waals surface area (Å²) in [6.45, 7) is 3.49. The molecule has 0 spiro atoms. The van der Waals surface area contributed by atoms with Gasteiger partial charge in [0.25, 0.3) is 0 Å². The Morgan fingerprint density at radius 1 is 1.43 bits per heavy atom. The van der Waals surface area contributed by atoms with E-state index >= 15 is 0 Å². The van der Waals surface area contributed by atoms with Crippen molar-refractivity contribution in [3.63, 3.8) is 0 Å². The Kier molecular flexibility index (Phi) is 6.24. The van der Waals surface area contributed by atoms with Crippen LogP contribution in [0.1, 0.15) is 29.3 Å². The standard InChI is InChI=1S/C14H21NO4S2/c1-10-5-6-12(9-13(10)14(16)17)21(18,19)15(3)11(2)7-8-20-4/h5-6,9,11H,7-8H2,1-4H3,(H,16,17). The predicted octanol–water partition coefficient (Wildman–Crippen LogP) is 2.46. The van der Waals surface area contributed by atoms with Crippen LogP contribution in [0.5, 0.6) is 0 Å². The van der Waals surface area contributed by atoms with E-state index in [2.05, 4.69) is 0 Å². The molecule has 1 aromatic rings. The Bertz CT molecular complexity index is 613. The number of benzene rings is 1. The fraction of sp³-hybridized carbons (Fsp3) is 0.500. The van der Waals surface area contributed by atoms with Gasteiger partial charge in [-0.2, -0.15) is 16.1 Å². The van der Waals surface area contributed by atoms with Crippen LogP contribution < -0.4 is 0 Å². The molecule has 1 unspecified atom stereocenters. The SMILES string of the molecule is CSCCC(C)N(C)S(=O)(=O)c1ccc(C)c(C(=O)O)c1. The van der Waals surface area contributed by atoms with Crippen molar-refractivity contribution in [1.82, 2.24) is 4.31 Å². The molecule has 0 aliphatic heterocycles. The van der Waals surface area contributed by atoms with Gasteiger partial charge in [-0.05, 0) is 50.0 Å². The molecule has 7 heteroatoms. The summed E-state index contributed by atoms with van der Waals surface area (Å²) in [6, 6.07) is 4.06. The molecule has 0 aliphatic carbocycles. The first kappa shape index (κ1) is 18.0. The van der Waals surface area contributed by atoms with Gasteiger partial charge < -0.3 is 5.11 Å². The third kappa shape index (κ3) is 4.21. The summed E-state index contributed by atoms with van der Waals surface area (Å²) >= 11 is 1.66. The van der Waals surface area contributed by atoms with Crippen LogP contribution in [0.2, 0.25) is 0 Å². The van der Waals surface area contributed by atoms with Crippen LogP contribution in [0, 0.1) is 6.92 Å². The molecule has 0 heterocycles. The van der Waals surface area contributed by atoms with Crippen LogP contribution in [0.4, 0.5) is 0 Å². The van der Waals surface area contributed by atoms with Gasteiger partial charge in [0.1, 0.15) is 0 Å². The number of aryl methyl sites for hydroxylation is 1. The fourth-order valence-electron chi connectivity index (χ4n) is 1.87. The molecule has 0 aromatic heterocycles. The van der Waals surface area contributed by atoms with Crippen LogP contribution >= 0.6 is 11.8 Å². The van der Waals surface area contributed by atoms with Crippen molar-refractivity contribution in [2.45, 2.75) is 31.2 Å². The molecule has 1 atom stereocenters. The number of hydrogen-bond acceptors (Lipinski definition) is 4. The normalized spacial score (nSPS) is 13.4. The van der Waals surface area contributed by atoms with Gasteiger partial charge >= 0.3 is 5.97 Å². The van der Waals surface area contributed by atoms with Gasteiger partial charge in [0.05, 0.1) is 10.5 Å². The summed E-state index contributed by atoms with van der Waals surface area (Å²) in [6.07, 6.45) is 2.72. The second-order valence-corrected chi connectivity index (χ2v) is 7.92. The van der Waals surface area contributed by atoms with E-state index in [0.29, 0.717) is 5.56 Å². The number of carboxylic acid groups (broad SMARTS) is 1. The molecule has 0 aliphatic rings. The van der Waals surface area contributed by atoms with Crippen molar-refractivity contribution >= 4 is 27.8 Å². The van der Waals surface area contributed by atoms with Gasteiger partial charge in [0.2, 0.25) is 10.0 Å². The van der Waals surface area contributed by atoms with E-state index in [1.807, 2.05) is 13.2 Å². The zero-order chi connectivity index (χ0) is 16.2. The zero-order valence-electron chi connectivity index (χ0n) is 12.7. The number of nitrogens with zero attached hydrogens (tertiary/aromatic N) is 1. The van der Waals surface area contributed by atoms with Gasteiger partial charge in [-0.1, -0.05) is 6.07 Å². The molecule has 1 N–H and O–H groups in total. The van der Waals surface area contributed by atoms with Crippen LogP contribution in [0.15, 0.2) is 23.1 Å². The van der Waals surface area contributed by atoms with Crippen LogP contribution in [-0.2, 0) is 10.0 Å². The highest BCUT2D eigenvalue weighted by Gasteiger charge is 2.26. The molecule has 0 fully saturated rings. The molecule has 0 bridgehead atoms. The number of sulfonamides is 1. The Hall–Kier alpha value is -1.05. The second-order valence-electron chi connectivity index (χ2n) is 4.93. The summed E-state index contributed by atoms with van der Waals surface area (Å²) in [7, 11) is -2.15. The summed E-state index contributed by atoms with van der Waals surface area (Å²) in [5.41, 5.74) is 0.556. The summed E-state index contributed by atoms with van der Waals surface area (Å²) in [4.78, 5) is 11.2. The first-order chi connectivity index (χ1) is 9.71. The maximum atomic E-state index is 12.5. The van der Waals surface area contributed by atoms with Gasteiger partial charge in [0.15, 0.2) is 0 Å². The van der Waals surface area contributed by atoms with Gasteiger partial charge in [-0.3, -0.25) is 0 Å². The number of rotatable bonds is 7. The number of carboxylic acids is 1. The van der Waals surface area contributed by atoms with E-state index in [0.717, 1.165) is 12.2 Å². The van der Waals surface area contributed by atoms with Crippen LogP contribution in [0.3, 0.4) is 0 Å². The Labute approximate surface area is 130 Å². The highest BCUT2D eigenvalue weighted by atomic mass is 32.2. The third-order valence-corrected chi connectivity index (χ3v) is 6.09. The number of thioether (sulfide) groups is 1. The molecule has 118 valence electrons. The van der Waals surface area contributed by atoms with E-state index in [1.165, 1.54) is 29.6 Å². The van der Waals surface area contributed by atoms with E-state index < -0.39 is 16.0 Å². The average Bonchev–Trinajstić information content (AvgIpc) is 2.43. The Morgan fingerprint density at radius 2 is 2.05 bits per heavy atom. The monoisotopic (exact) mass is 331 g/mol. The number of carbonyl (C=O) groups is 1. The third-order valence-electron chi connectivity index (χ3n) is 3.48. The largest absolute Gasteiger partial charge is 0.478 e. The maximum Gasteiger partial charge on any atom is 0.335 e. The van der Waals surface area contributed by atoms with Crippen molar-refractivity contribution < 1.29 is 18.3 Å². The Balaban J connectivity index is 3.13. The molecule has 5 nitrogen and oxygen atoms in total. The van der Waals surface area contributed by atoms with Crippen molar-refractivity contribution in [3.05, 3.63) is 29.3 Å². The number of hydrogen-bond donors (Lipinski definition) is 1. The highest BCUT2D eigenvalue weighted by Crippen LogP contribution is 2.21. The molecular formula is C14H21NO4S2. The molecule has 0 radical (unpaired) electrons. The fourth-order valence-corrected chi connectivity index (χ4v) is 3.86.